The maximum absolute atomic E-state index is 2.52. The van der Waals surface area contributed by atoms with Crippen molar-refractivity contribution in [2.45, 2.75) is 45.4 Å². The molecular formula is C31H29N. The Labute approximate surface area is 191 Å². The molecule has 0 amide bonds. The summed E-state index contributed by atoms with van der Waals surface area (Å²) in [6, 6.07) is 31.7. The molecule has 0 saturated heterocycles. The number of fused-ring (bicyclic) bond motifs is 4. The predicted octanol–water partition coefficient (Wildman–Crippen LogP) is 8.41. The minimum atomic E-state index is -0.0831. The van der Waals surface area contributed by atoms with Gasteiger partial charge in [0.15, 0.2) is 0 Å². The van der Waals surface area contributed by atoms with E-state index in [9.17, 15) is 0 Å². The van der Waals surface area contributed by atoms with Crippen molar-refractivity contribution in [3.05, 3.63) is 113 Å². The number of hydrogen-bond acceptors (Lipinski definition) is 1. The standard InChI is InChI=1S/C31H29N/c1-20-13-15-21(16-14-20)22-17-18-28-26(19-22)31(4,5)25-11-8-10-24-29(25)32(28)27-12-7-6-9-23(27)30(24,2)3/h6-19H,1-5H3. The van der Waals surface area contributed by atoms with E-state index in [4.69, 9.17) is 0 Å². The van der Waals surface area contributed by atoms with Crippen molar-refractivity contribution in [2.75, 3.05) is 4.90 Å². The first-order valence-electron chi connectivity index (χ1n) is 11.6. The minimum Gasteiger partial charge on any atom is -0.309 e. The number of hydrogen-bond donors (Lipinski definition) is 0. The molecule has 0 aromatic heterocycles. The van der Waals surface area contributed by atoms with Crippen LogP contribution in [0.1, 0.15) is 55.5 Å². The molecule has 0 atom stereocenters. The molecule has 0 fully saturated rings. The molecule has 0 unspecified atom stereocenters. The lowest BCUT2D eigenvalue weighted by Crippen LogP contribution is -2.38. The van der Waals surface area contributed by atoms with Crippen LogP contribution < -0.4 is 4.90 Å². The Balaban J connectivity index is 1.66. The molecule has 0 aliphatic carbocycles. The van der Waals surface area contributed by atoms with E-state index < -0.39 is 0 Å². The summed E-state index contributed by atoms with van der Waals surface area (Å²) in [4.78, 5) is 2.52. The highest BCUT2D eigenvalue weighted by molar-refractivity contribution is 5.93. The number of benzene rings is 4. The van der Waals surface area contributed by atoms with Crippen LogP contribution in [0.15, 0.2) is 84.9 Å². The Morgan fingerprint density at radius 1 is 0.531 bits per heavy atom. The molecule has 1 nitrogen and oxygen atoms in total. The molecule has 32 heavy (non-hydrogen) atoms. The summed E-state index contributed by atoms with van der Waals surface area (Å²) in [5.74, 6) is 0. The van der Waals surface area contributed by atoms with Crippen molar-refractivity contribution >= 4 is 17.1 Å². The van der Waals surface area contributed by atoms with Gasteiger partial charge in [0, 0.05) is 10.8 Å². The van der Waals surface area contributed by atoms with E-state index in [1.165, 1.54) is 56.0 Å². The summed E-state index contributed by atoms with van der Waals surface area (Å²) >= 11 is 0. The third kappa shape index (κ3) is 2.45. The Bertz CT molecular complexity index is 1370. The first-order chi connectivity index (χ1) is 15.3. The van der Waals surface area contributed by atoms with Crippen LogP contribution >= 0.6 is 0 Å². The van der Waals surface area contributed by atoms with Crippen LogP contribution in [0.2, 0.25) is 0 Å². The molecule has 2 aliphatic heterocycles. The van der Waals surface area contributed by atoms with E-state index in [1.807, 2.05) is 0 Å². The van der Waals surface area contributed by atoms with Crippen molar-refractivity contribution < 1.29 is 0 Å². The second-order valence-corrected chi connectivity index (χ2v) is 10.4. The molecule has 0 radical (unpaired) electrons. The van der Waals surface area contributed by atoms with Crippen molar-refractivity contribution in [3.8, 4) is 11.1 Å². The molecule has 4 aromatic rings. The van der Waals surface area contributed by atoms with Gasteiger partial charge in [0.2, 0.25) is 0 Å². The fourth-order valence-electron chi connectivity index (χ4n) is 5.81. The Morgan fingerprint density at radius 2 is 1.09 bits per heavy atom. The largest absolute Gasteiger partial charge is 0.309 e. The van der Waals surface area contributed by atoms with Crippen LogP contribution in [-0.4, -0.2) is 0 Å². The van der Waals surface area contributed by atoms with E-state index in [2.05, 4.69) is 124 Å². The summed E-state index contributed by atoms with van der Waals surface area (Å²) in [6.45, 7) is 11.6. The third-order valence-electron chi connectivity index (χ3n) is 7.72. The summed E-state index contributed by atoms with van der Waals surface area (Å²) in [6.07, 6.45) is 0. The Hall–Kier alpha value is -3.32. The van der Waals surface area contributed by atoms with E-state index in [0.29, 0.717) is 0 Å². The number of rotatable bonds is 1. The van der Waals surface area contributed by atoms with Crippen molar-refractivity contribution in [2.24, 2.45) is 0 Å². The van der Waals surface area contributed by atoms with Crippen molar-refractivity contribution in [1.29, 1.82) is 0 Å². The zero-order valence-corrected chi connectivity index (χ0v) is 19.5. The summed E-state index contributed by atoms with van der Waals surface area (Å²) in [7, 11) is 0. The molecule has 4 aromatic carbocycles. The van der Waals surface area contributed by atoms with Crippen LogP contribution in [0.3, 0.4) is 0 Å². The van der Waals surface area contributed by atoms with E-state index in [-0.39, 0.29) is 10.8 Å². The van der Waals surface area contributed by atoms with Gasteiger partial charge in [-0.05, 0) is 58.5 Å². The quantitative estimate of drug-likeness (QED) is 0.301. The highest BCUT2D eigenvalue weighted by Gasteiger charge is 2.45. The molecule has 0 saturated carbocycles. The maximum Gasteiger partial charge on any atom is 0.0543 e. The highest BCUT2D eigenvalue weighted by Crippen LogP contribution is 2.60. The number of para-hydroxylation sites is 2. The summed E-state index contributed by atoms with van der Waals surface area (Å²) in [5.41, 5.74) is 13.3. The molecule has 1 heteroatoms. The van der Waals surface area contributed by atoms with Gasteiger partial charge in [0.25, 0.3) is 0 Å². The topological polar surface area (TPSA) is 3.24 Å². The molecule has 0 spiro atoms. The highest BCUT2D eigenvalue weighted by atomic mass is 15.2. The number of anilines is 3. The molecular weight excluding hydrogens is 386 g/mol. The normalized spacial score (nSPS) is 16.7. The van der Waals surface area contributed by atoms with Crippen LogP contribution in [0.4, 0.5) is 17.1 Å². The Morgan fingerprint density at radius 3 is 1.81 bits per heavy atom. The lowest BCUT2D eigenvalue weighted by Gasteiger charge is -2.49. The maximum atomic E-state index is 2.52. The first-order valence-corrected chi connectivity index (χ1v) is 11.6. The SMILES string of the molecule is Cc1ccc(-c2ccc3c(c2)C(C)(C)c2cccc4c2N3c2ccccc2C4(C)C)cc1. The lowest BCUT2D eigenvalue weighted by molar-refractivity contribution is 0.597. The van der Waals surface area contributed by atoms with E-state index in [0.717, 1.165) is 0 Å². The van der Waals surface area contributed by atoms with Gasteiger partial charge in [-0.15, -0.1) is 0 Å². The zero-order valence-electron chi connectivity index (χ0n) is 19.5. The van der Waals surface area contributed by atoms with Crippen LogP contribution in [0, 0.1) is 6.92 Å². The average Bonchev–Trinajstić information content (AvgIpc) is 2.79. The first kappa shape index (κ1) is 19.4. The monoisotopic (exact) mass is 415 g/mol. The van der Waals surface area contributed by atoms with Crippen molar-refractivity contribution in [1.82, 2.24) is 0 Å². The summed E-state index contributed by atoms with van der Waals surface area (Å²) < 4.78 is 0. The summed E-state index contributed by atoms with van der Waals surface area (Å²) in [5, 5.41) is 0. The fourth-order valence-corrected chi connectivity index (χ4v) is 5.81. The van der Waals surface area contributed by atoms with Crippen LogP contribution in [0.5, 0.6) is 0 Å². The Kier molecular flexibility index (Phi) is 3.85. The zero-order chi connectivity index (χ0) is 22.3. The molecule has 2 aliphatic rings. The van der Waals surface area contributed by atoms with Crippen LogP contribution in [0.25, 0.3) is 11.1 Å². The second kappa shape index (κ2) is 6.36. The molecule has 0 bridgehead atoms. The van der Waals surface area contributed by atoms with Gasteiger partial charge in [0.1, 0.15) is 0 Å². The minimum absolute atomic E-state index is 0.0339. The van der Waals surface area contributed by atoms with Gasteiger partial charge in [-0.3, -0.25) is 0 Å². The smallest absolute Gasteiger partial charge is 0.0543 e. The van der Waals surface area contributed by atoms with Gasteiger partial charge in [0.05, 0.1) is 17.1 Å². The fraction of sp³-hybridized carbons (Fsp3) is 0.226. The number of nitrogens with zero attached hydrogens (tertiary/aromatic N) is 1. The van der Waals surface area contributed by atoms with Gasteiger partial charge >= 0.3 is 0 Å². The number of aryl methyl sites for hydroxylation is 1. The molecule has 2 heterocycles. The average molecular weight is 416 g/mol. The third-order valence-corrected chi connectivity index (χ3v) is 7.72. The molecule has 158 valence electrons. The van der Waals surface area contributed by atoms with Gasteiger partial charge < -0.3 is 4.90 Å². The van der Waals surface area contributed by atoms with Crippen molar-refractivity contribution in [3.63, 3.8) is 0 Å². The van der Waals surface area contributed by atoms with Gasteiger partial charge in [-0.25, -0.2) is 0 Å². The predicted molar refractivity (Wildman–Crippen MR) is 136 cm³/mol. The van der Waals surface area contributed by atoms with E-state index in [1.54, 1.807) is 0 Å². The lowest BCUT2D eigenvalue weighted by atomic mass is 9.66. The van der Waals surface area contributed by atoms with E-state index >= 15 is 0 Å². The molecule has 6 rings (SSSR count). The van der Waals surface area contributed by atoms with Crippen LogP contribution in [-0.2, 0) is 10.8 Å². The van der Waals surface area contributed by atoms with Gasteiger partial charge in [-0.2, -0.15) is 0 Å². The van der Waals surface area contributed by atoms with Gasteiger partial charge in [-0.1, -0.05) is 100.0 Å². The molecule has 0 N–H and O–H groups in total. The second-order valence-electron chi connectivity index (χ2n) is 10.4.